The number of nitrogens with one attached hydrogen (secondary N) is 1. The normalized spacial score (nSPS) is 20.9. The topological polar surface area (TPSA) is 84.6 Å². The van der Waals surface area contributed by atoms with Crippen molar-refractivity contribution < 1.29 is 14.6 Å². The number of thioether (sulfide) groups is 1. The van der Waals surface area contributed by atoms with Crippen molar-refractivity contribution in [3.05, 3.63) is 0 Å². The van der Waals surface area contributed by atoms with Crippen molar-refractivity contribution in [1.29, 1.82) is 0 Å². The predicted molar refractivity (Wildman–Crippen MR) is 69.0 cm³/mol. The number of hydrogen-bond acceptors (Lipinski definition) is 5. The van der Waals surface area contributed by atoms with E-state index in [1.54, 1.807) is 11.8 Å². The van der Waals surface area contributed by atoms with Crippen LogP contribution >= 0.6 is 11.8 Å². The highest BCUT2D eigenvalue weighted by Crippen LogP contribution is 2.20. The average Bonchev–Trinajstić information content (AvgIpc) is 2.36. The van der Waals surface area contributed by atoms with Gasteiger partial charge in [0, 0.05) is 13.2 Å². The molecule has 17 heavy (non-hydrogen) atoms. The Balaban J connectivity index is 2.46. The molecule has 1 atom stereocenters. The van der Waals surface area contributed by atoms with Crippen LogP contribution in [0.25, 0.3) is 0 Å². The van der Waals surface area contributed by atoms with Gasteiger partial charge in [0.2, 0.25) is 5.91 Å². The summed E-state index contributed by atoms with van der Waals surface area (Å²) in [6.07, 6.45) is 3.93. The van der Waals surface area contributed by atoms with Gasteiger partial charge in [0.1, 0.15) is 0 Å². The van der Waals surface area contributed by atoms with Crippen LogP contribution in [0.4, 0.5) is 0 Å². The Labute approximate surface area is 106 Å². The molecule has 0 aliphatic carbocycles. The third kappa shape index (κ3) is 4.46. The Hall–Kier alpha value is -0.300. The van der Waals surface area contributed by atoms with E-state index in [1.807, 2.05) is 6.26 Å². The van der Waals surface area contributed by atoms with Gasteiger partial charge in [0.05, 0.1) is 18.2 Å². The zero-order chi connectivity index (χ0) is 12.7. The summed E-state index contributed by atoms with van der Waals surface area (Å²) in [4.78, 5) is 11.9. The van der Waals surface area contributed by atoms with E-state index in [0.29, 0.717) is 32.5 Å². The molecule has 100 valence electrons. The van der Waals surface area contributed by atoms with Crippen LogP contribution in [0.3, 0.4) is 0 Å². The number of ether oxygens (including phenoxy) is 1. The minimum absolute atomic E-state index is 0.0582. The van der Waals surface area contributed by atoms with E-state index in [-0.39, 0.29) is 12.5 Å². The van der Waals surface area contributed by atoms with Gasteiger partial charge >= 0.3 is 0 Å². The molecule has 1 fully saturated rings. The summed E-state index contributed by atoms with van der Waals surface area (Å²) < 4.78 is 5.24. The van der Waals surface area contributed by atoms with Crippen molar-refractivity contribution in [3.8, 4) is 0 Å². The Bertz CT molecular complexity index is 245. The van der Waals surface area contributed by atoms with Crippen LogP contribution in [0.2, 0.25) is 0 Å². The Kier molecular flexibility index (Phi) is 6.26. The molecule has 1 aliphatic heterocycles. The van der Waals surface area contributed by atoms with Gasteiger partial charge in [0.25, 0.3) is 0 Å². The molecule has 0 spiro atoms. The maximum Gasteiger partial charge on any atom is 0.237 e. The lowest BCUT2D eigenvalue weighted by molar-refractivity contribution is -0.126. The molecule has 1 aliphatic rings. The number of carbonyl (C=O) groups excluding carboxylic acids is 1. The SMILES string of the molecule is CSCC[C@H](N)C(=O)NC1(CO)CCOCC1. The number of hydrogen-bond donors (Lipinski definition) is 3. The van der Waals surface area contributed by atoms with E-state index in [0.717, 1.165) is 5.75 Å². The maximum absolute atomic E-state index is 11.9. The Morgan fingerprint density at radius 2 is 2.24 bits per heavy atom. The van der Waals surface area contributed by atoms with Gasteiger partial charge < -0.3 is 20.9 Å². The first-order valence-corrected chi connectivity index (χ1v) is 7.28. The van der Waals surface area contributed by atoms with Crippen molar-refractivity contribution >= 4 is 17.7 Å². The summed E-state index contributed by atoms with van der Waals surface area (Å²) in [7, 11) is 0. The van der Waals surface area contributed by atoms with Crippen molar-refractivity contribution in [3.63, 3.8) is 0 Å². The van der Waals surface area contributed by atoms with Gasteiger partial charge in [-0.05, 0) is 31.3 Å². The summed E-state index contributed by atoms with van der Waals surface area (Å²) in [6, 6.07) is -0.492. The molecule has 1 rings (SSSR count). The highest BCUT2D eigenvalue weighted by Gasteiger charge is 2.34. The molecule has 5 nitrogen and oxygen atoms in total. The summed E-state index contributed by atoms with van der Waals surface area (Å²) in [5.74, 6) is 0.694. The van der Waals surface area contributed by atoms with Crippen molar-refractivity contribution in [2.24, 2.45) is 5.73 Å². The lowest BCUT2D eigenvalue weighted by atomic mass is 9.90. The average molecular weight is 262 g/mol. The first-order valence-electron chi connectivity index (χ1n) is 5.89. The molecule has 0 aromatic heterocycles. The summed E-state index contributed by atoms with van der Waals surface area (Å²) in [5, 5.41) is 12.3. The number of amides is 1. The molecule has 1 heterocycles. The monoisotopic (exact) mass is 262 g/mol. The van der Waals surface area contributed by atoms with Crippen molar-refractivity contribution in [1.82, 2.24) is 5.32 Å². The van der Waals surface area contributed by atoms with Crippen LogP contribution in [0.1, 0.15) is 19.3 Å². The number of aliphatic hydroxyl groups excluding tert-OH is 1. The second-order valence-corrected chi connectivity index (χ2v) is 5.41. The minimum Gasteiger partial charge on any atom is -0.394 e. The van der Waals surface area contributed by atoms with E-state index < -0.39 is 11.6 Å². The van der Waals surface area contributed by atoms with Gasteiger partial charge in [-0.1, -0.05) is 0 Å². The number of nitrogens with two attached hydrogens (primary N) is 1. The number of aliphatic hydroxyl groups is 1. The van der Waals surface area contributed by atoms with Crippen LogP contribution in [-0.2, 0) is 9.53 Å². The molecule has 4 N–H and O–H groups in total. The molecule has 0 aromatic rings. The lowest BCUT2D eigenvalue weighted by Crippen LogP contribution is -2.58. The van der Waals surface area contributed by atoms with Crippen molar-refractivity contribution in [2.45, 2.75) is 30.8 Å². The maximum atomic E-state index is 11.9. The molecule has 1 amide bonds. The van der Waals surface area contributed by atoms with Crippen molar-refractivity contribution in [2.75, 3.05) is 31.8 Å². The number of carbonyl (C=O) groups is 1. The van der Waals surface area contributed by atoms with E-state index in [2.05, 4.69) is 5.32 Å². The Morgan fingerprint density at radius 3 is 2.76 bits per heavy atom. The zero-order valence-electron chi connectivity index (χ0n) is 10.3. The molecular weight excluding hydrogens is 240 g/mol. The Morgan fingerprint density at radius 1 is 1.59 bits per heavy atom. The van der Waals surface area contributed by atoms with Gasteiger partial charge in [0.15, 0.2) is 0 Å². The third-order valence-electron chi connectivity index (χ3n) is 3.11. The molecule has 0 radical (unpaired) electrons. The molecule has 6 heteroatoms. The van der Waals surface area contributed by atoms with E-state index in [1.165, 1.54) is 0 Å². The van der Waals surface area contributed by atoms with Crippen LogP contribution < -0.4 is 11.1 Å². The van der Waals surface area contributed by atoms with Crippen LogP contribution in [0.5, 0.6) is 0 Å². The highest BCUT2D eigenvalue weighted by molar-refractivity contribution is 7.98. The second kappa shape index (κ2) is 7.20. The molecule has 1 saturated heterocycles. The summed E-state index contributed by atoms with van der Waals surface area (Å²) in [5.41, 5.74) is 5.26. The van der Waals surface area contributed by atoms with E-state index >= 15 is 0 Å². The van der Waals surface area contributed by atoms with Crippen LogP contribution in [0, 0.1) is 0 Å². The summed E-state index contributed by atoms with van der Waals surface area (Å²) in [6.45, 7) is 1.08. The first-order chi connectivity index (χ1) is 8.13. The fraction of sp³-hybridized carbons (Fsp3) is 0.909. The zero-order valence-corrected chi connectivity index (χ0v) is 11.1. The predicted octanol–water partition coefficient (Wildman–Crippen LogP) is -0.275. The standard InChI is InChI=1S/C11H22N2O3S/c1-17-7-2-9(12)10(15)13-11(8-14)3-5-16-6-4-11/h9,14H,2-8,12H2,1H3,(H,13,15)/t9-/m0/s1. The molecule has 0 saturated carbocycles. The largest absolute Gasteiger partial charge is 0.394 e. The summed E-state index contributed by atoms with van der Waals surface area (Å²) >= 11 is 1.67. The quantitative estimate of drug-likeness (QED) is 0.613. The van der Waals surface area contributed by atoms with Gasteiger partial charge in [-0.2, -0.15) is 11.8 Å². The number of rotatable bonds is 6. The molecular formula is C11H22N2O3S. The van der Waals surface area contributed by atoms with E-state index in [9.17, 15) is 9.90 Å². The molecule has 0 unspecified atom stereocenters. The molecule has 0 bridgehead atoms. The fourth-order valence-corrected chi connectivity index (χ4v) is 2.30. The minimum atomic E-state index is -0.535. The smallest absolute Gasteiger partial charge is 0.237 e. The molecule has 0 aromatic carbocycles. The van der Waals surface area contributed by atoms with Crippen LogP contribution in [0.15, 0.2) is 0 Å². The van der Waals surface area contributed by atoms with Gasteiger partial charge in [-0.3, -0.25) is 4.79 Å². The van der Waals surface area contributed by atoms with Gasteiger partial charge in [-0.15, -0.1) is 0 Å². The van der Waals surface area contributed by atoms with Gasteiger partial charge in [-0.25, -0.2) is 0 Å². The van der Waals surface area contributed by atoms with Crippen LogP contribution in [-0.4, -0.2) is 54.4 Å². The second-order valence-electron chi connectivity index (χ2n) is 4.43. The lowest BCUT2D eigenvalue weighted by Gasteiger charge is -2.37. The highest BCUT2D eigenvalue weighted by atomic mass is 32.2. The first kappa shape index (κ1) is 14.8. The fourth-order valence-electron chi connectivity index (χ4n) is 1.81. The third-order valence-corrected chi connectivity index (χ3v) is 3.75. The van der Waals surface area contributed by atoms with E-state index in [4.69, 9.17) is 10.5 Å².